The van der Waals surface area contributed by atoms with E-state index in [9.17, 15) is 8.78 Å². The zero-order valence-electron chi connectivity index (χ0n) is 9.08. The van der Waals surface area contributed by atoms with Crippen LogP contribution >= 0.6 is 0 Å². The molecule has 0 saturated heterocycles. The van der Waals surface area contributed by atoms with Gasteiger partial charge in [-0.3, -0.25) is 0 Å². The Morgan fingerprint density at radius 1 is 1.18 bits per heavy atom. The molecule has 2 rings (SSSR count). The highest BCUT2D eigenvalue weighted by molar-refractivity contribution is 5.72. The first-order valence-corrected chi connectivity index (χ1v) is 4.86. The third-order valence-electron chi connectivity index (χ3n) is 2.29. The van der Waals surface area contributed by atoms with Gasteiger partial charge in [-0.1, -0.05) is 0 Å². The molecule has 0 atom stereocenters. The Morgan fingerprint density at radius 2 is 1.94 bits per heavy atom. The number of anilines is 1. The fourth-order valence-electron chi connectivity index (χ4n) is 1.53. The summed E-state index contributed by atoms with van der Waals surface area (Å²) in [5.74, 6) is -1.08. The molecule has 0 radical (unpaired) electrons. The topological polar surface area (TPSA) is 48.1 Å². The Bertz CT molecular complexity index is 558. The quantitative estimate of drug-likeness (QED) is 0.871. The Kier molecular flexibility index (Phi) is 2.91. The lowest BCUT2D eigenvalue weighted by Gasteiger charge is -2.09. The summed E-state index contributed by atoms with van der Waals surface area (Å²) >= 11 is 0. The van der Waals surface area contributed by atoms with Crippen LogP contribution in [0, 0.1) is 11.6 Å². The van der Waals surface area contributed by atoms with E-state index in [0.717, 1.165) is 6.07 Å². The number of pyridine rings is 1. The van der Waals surface area contributed by atoms with Gasteiger partial charge in [0.15, 0.2) is 0 Å². The van der Waals surface area contributed by atoms with Gasteiger partial charge in [-0.2, -0.15) is 0 Å². The monoisotopic (exact) mass is 236 g/mol. The van der Waals surface area contributed by atoms with Crippen molar-refractivity contribution in [2.24, 2.45) is 0 Å². The molecule has 0 unspecified atom stereocenters. The van der Waals surface area contributed by atoms with Crippen LogP contribution in [0.15, 0.2) is 30.5 Å². The summed E-state index contributed by atoms with van der Waals surface area (Å²) in [5, 5.41) is 0. The molecule has 1 heterocycles. The predicted octanol–water partition coefficient (Wildman–Crippen LogP) is 2.62. The second kappa shape index (κ2) is 4.37. The van der Waals surface area contributed by atoms with Crippen molar-refractivity contribution in [1.82, 2.24) is 4.98 Å². The van der Waals surface area contributed by atoms with Crippen LogP contribution < -0.4 is 10.5 Å². The Morgan fingerprint density at radius 3 is 2.59 bits per heavy atom. The Hall–Kier alpha value is -2.17. The van der Waals surface area contributed by atoms with E-state index in [2.05, 4.69) is 4.98 Å². The minimum absolute atomic E-state index is 0.197. The second-order valence-corrected chi connectivity index (χ2v) is 3.45. The number of nitrogens with zero attached hydrogens (tertiary/aromatic N) is 1. The van der Waals surface area contributed by atoms with Gasteiger partial charge < -0.3 is 10.5 Å². The summed E-state index contributed by atoms with van der Waals surface area (Å²) in [5.41, 5.74) is 6.55. The van der Waals surface area contributed by atoms with Crippen molar-refractivity contribution < 1.29 is 13.5 Å². The molecular formula is C12H10F2N2O. The van der Waals surface area contributed by atoms with Gasteiger partial charge in [-0.05, 0) is 18.2 Å². The van der Waals surface area contributed by atoms with E-state index in [0.29, 0.717) is 11.3 Å². The zero-order chi connectivity index (χ0) is 12.4. The molecule has 17 heavy (non-hydrogen) atoms. The molecule has 0 saturated carbocycles. The molecule has 0 spiro atoms. The summed E-state index contributed by atoms with van der Waals surface area (Å²) in [6.45, 7) is 0. The molecule has 0 aliphatic carbocycles. The first-order valence-electron chi connectivity index (χ1n) is 4.86. The van der Waals surface area contributed by atoms with Crippen molar-refractivity contribution in [3.05, 3.63) is 42.1 Å². The highest BCUT2D eigenvalue weighted by Gasteiger charge is 2.12. The fourth-order valence-corrected chi connectivity index (χ4v) is 1.53. The molecule has 1 aromatic carbocycles. The number of benzene rings is 1. The number of aromatic nitrogens is 1. The lowest BCUT2D eigenvalue weighted by molar-refractivity contribution is 0.399. The van der Waals surface area contributed by atoms with Crippen LogP contribution in [-0.2, 0) is 0 Å². The molecule has 0 amide bonds. The fraction of sp³-hybridized carbons (Fsp3) is 0.0833. The van der Waals surface area contributed by atoms with Gasteiger partial charge in [0, 0.05) is 17.2 Å². The van der Waals surface area contributed by atoms with Crippen molar-refractivity contribution in [3.8, 4) is 17.0 Å². The van der Waals surface area contributed by atoms with Crippen LogP contribution in [0.3, 0.4) is 0 Å². The highest BCUT2D eigenvalue weighted by Crippen LogP contribution is 2.31. The van der Waals surface area contributed by atoms with Crippen LogP contribution in [0.4, 0.5) is 14.5 Å². The maximum absolute atomic E-state index is 13.6. The molecular weight excluding hydrogens is 226 g/mol. The van der Waals surface area contributed by atoms with Gasteiger partial charge in [-0.25, -0.2) is 13.8 Å². The number of ether oxygens (including phenoxy) is 1. The predicted molar refractivity (Wildman–Crippen MR) is 60.6 cm³/mol. The lowest BCUT2D eigenvalue weighted by atomic mass is 10.1. The largest absolute Gasteiger partial charge is 0.481 e. The van der Waals surface area contributed by atoms with Crippen LogP contribution in [0.5, 0.6) is 5.88 Å². The number of halogens is 2. The SMILES string of the molecule is COc1ncc(N)cc1-c1ccc(F)cc1F. The first-order chi connectivity index (χ1) is 8.11. The van der Waals surface area contributed by atoms with E-state index in [1.807, 2.05) is 0 Å². The van der Waals surface area contributed by atoms with Crippen molar-refractivity contribution in [1.29, 1.82) is 0 Å². The van der Waals surface area contributed by atoms with Crippen LogP contribution in [-0.4, -0.2) is 12.1 Å². The number of nitrogens with two attached hydrogens (primary N) is 1. The molecule has 88 valence electrons. The maximum atomic E-state index is 13.6. The summed E-state index contributed by atoms with van der Waals surface area (Å²) in [7, 11) is 1.42. The van der Waals surface area contributed by atoms with Crippen molar-refractivity contribution in [2.75, 3.05) is 12.8 Å². The number of rotatable bonds is 2. The van der Waals surface area contributed by atoms with Gasteiger partial charge in [0.1, 0.15) is 11.6 Å². The third-order valence-corrected chi connectivity index (χ3v) is 2.29. The molecule has 0 bridgehead atoms. The van der Waals surface area contributed by atoms with E-state index in [1.54, 1.807) is 0 Å². The second-order valence-electron chi connectivity index (χ2n) is 3.45. The lowest BCUT2D eigenvalue weighted by Crippen LogP contribution is -1.96. The minimum Gasteiger partial charge on any atom is -0.481 e. The standard InChI is InChI=1S/C12H10F2N2O/c1-17-12-10(5-8(15)6-16-12)9-3-2-7(13)4-11(9)14/h2-6H,15H2,1H3. The smallest absolute Gasteiger partial charge is 0.221 e. The van der Waals surface area contributed by atoms with Crippen molar-refractivity contribution >= 4 is 5.69 Å². The Balaban J connectivity index is 2.62. The Labute approximate surface area is 96.9 Å². The number of nitrogen functional groups attached to an aromatic ring is 1. The van der Waals surface area contributed by atoms with E-state index in [1.165, 1.54) is 31.5 Å². The molecule has 0 aliphatic rings. The van der Waals surface area contributed by atoms with E-state index >= 15 is 0 Å². The van der Waals surface area contributed by atoms with E-state index in [4.69, 9.17) is 10.5 Å². The normalized spacial score (nSPS) is 10.3. The highest BCUT2D eigenvalue weighted by atomic mass is 19.1. The summed E-state index contributed by atoms with van der Waals surface area (Å²) in [6.07, 6.45) is 1.41. The summed E-state index contributed by atoms with van der Waals surface area (Å²) in [6, 6.07) is 4.82. The van der Waals surface area contributed by atoms with Gasteiger partial charge in [0.05, 0.1) is 19.0 Å². The molecule has 3 nitrogen and oxygen atoms in total. The van der Waals surface area contributed by atoms with Gasteiger partial charge in [-0.15, -0.1) is 0 Å². The summed E-state index contributed by atoms with van der Waals surface area (Å²) in [4.78, 5) is 3.93. The number of methoxy groups -OCH3 is 1. The van der Waals surface area contributed by atoms with Gasteiger partial charge >= 0.3 is 0 Å². The molecule has 5 heteroatoms. The molecule has 0 fully saturated rings. The number of hydrogen-bond acceptors (Lipinski definition) is 3. The van der Waals surface area contributed by atoms with Crippen LogP contribution in [0.1, 0.15) is 0 Å². The van der Waals surface area contributed by atoms with Crippen molar-refractivity contribution in [2.45, 2.75) is 0 Å². The van der Waals surface area contributed by atoms with Crippen LogP contribution in [0.25, 0.3) is 11.1 Å². The van der Waals surface area contributed by atoms with Crippen LogP contribution in [0.2, 0.25) is 0 Å². The molecule has 2 N–H and O–H groups in total. The minimum atomic E-state index is -0.685. The average Bonchev–Trinajstić information content (AvgIpc) is 2.29. The maximum Gasteiger partial charge on any atom is 0.221 e. The number of hydrogen-bond donors (Lipinski definition) is 1. The summed E-state index contributed by atoms with van der Waals surface area (Å²) < 4.78 is 31.4. The van der Waals surface area contributed by atoms with Crippen molar-refractivity contribution in [3.63, 3.8) is 0 Å². The average molecular weight is 236 g/mol. The van der Waals surface area contributed by atoms with E-state index < -0.39 is 11.6 Å². The first kappa shape index (κ1) is 11.3. The van der Waals surface area contributed by atoms with E-state index in [-0.39, 0.29) is 11.4 Å². The third kappa shape index (κ3) is 2.18. The van der Waals surface area contributed by atoms with Gasteiger partial charge in [0.25, 0.3) is 0 Å². The molecule has 2 aromatic rings. The zero-order valence-corrected chi connectivity index (χ0v) is 9.08. The molecule has 0 aliphatic heterocycles. The van der Waals surface area contributed by atoms with Gasteiger partial charge in [0.2, 0.25) is 5.88 Å². The molecule has 1 aromatic heterocycles.